The molecular weight excluding hydrogens is 224 g/mol. The van der Waals surface area contributed by atoms with Crippen molar-refractivity contribution in [1.82, 2.24) is 0 Å². The SMILES string of the molecule is CC(=O)C1=C(C#CC2=C(C(C)=O)CCC2)CCC1. The van der Waals surface area contributed by atoms with Gasteiger partial charge >= 0.3 is 0 Å². The fraction of sp³-hybridized carbons (Fsp3) is 0.500. The summed E-state index contributed by atoms with van der Waals surface area (Å²) in [5, 5.41) is 0. The minimum atomic E-state index is 0.143. The molecule has 0 aromatic rings. The number of ketones is 2. The highest BCUT2D eigenvalue weighted by molar-refractivity contribution is 5.96. The summed E-state index contributed by atoms with van der Waals surface area (Å²) in [6, 6.07) is 0. The van der Waals surface area contributed by atoms with E-state index in [1.165, 1.54) is 0 Å². The second-order valence-corrected chi connectivity index (χ2v) is 4.98. The largest absolute Gasteiger partial charge is 0.295 e. The van der Waals surface area contributed by atoms with Crippen molar-refractivity contribution in [3.05, 3.63) is 22.3 Å². The van der Waals surface area contributed by atoms with E-state index < -0.39 is 0 Å². The average molecular weight is 242 g/mol. The maximum atomic E-state index is 11.4. The predicted octanol–water partition coefficient (Wildman–Crippen LogP) is 3.13. The van der Waals surface area contributed by atoms with Gasteiger partial charge in [-0.1, -0.05) is 11.8 Å². The second kappa shape index (κ2) is 5.35. The van der Waals surface area contributed by atoms with Gasteiger partial charge in [-0.15, -0.1) is 0 Å². The van der Waals surface area contributed by atoms with Crippen LogP contribution in [0.15, 0.2) is 22.3 Å². The van der Waals surface area contributed by atoms with Crippen LogP contribution in [0.4, 0.5) is 0 Å². The third-order valence-electron chi connectivity index (χ3n) is 3.65. The summed E-state index contributed by atoms with van der Waals surface area (Å²) in [6.45, 7) is 3.22. The van der Waals surface area contributed by atoms with Gasteiger partial charge in [-0.3, -0.25) is 9.59 Å². The van der Waals surface area contributed by atoms with E-state index in [4.69, 9.17) is 0 Å². The molecule has 0 radical (unpaired) electrons. The van der Waals surface area contributed by atoms with Crippen molar-refractivity contribution in [2.45, 2.75) is 52.4 Å². The van der Waals surface area contributed by atoms with Gasteiger partial charge in [-0.05, 0) is 52.4 Å². The summed E-state index contributed by atoms with van der Waals surface area (Å²) in [4.78, 5) is 22.9. The van der Waals surface area contributed by atoms with Gasteiger partial charge < -0.3 is 0 Å². The molecule has 0 heterocycles. The van der Waals surface area contributed by atoms with Crippen LogP contribution >= 0.6 is 0 Å². The van der Waals surface area contributed by atoms with Crippen molar-refractivity contribution in [3.63, 3.8) is 0 Å². The zero-order chi connectivity index (χ0) is 13.1. The van der Waals surface area contributed by atoms with Crippen LogP contribution in [-0.4, -0.2) is 11.6 Å². The average Bonchev–Trinajstić information content (AvgIpc) is 2.94. The number of Topliss-reactive ketones (excluding diaryl/α,β-unsaturated/α-hetero) is 2. The van der Waals surface area contributed by atoms with Crippen molar-refractivity contribution in [3.8, 4) is 11.8 Å². The van der Waals surface area contributed by atoms with Crippen LogP contribution in [0.5, 0.6) is 0 Å². The normalized spacial score (nSPS) is 19.0. The molecule has 2 nitrogen and oxygen atoms in total. The topological polar surface area (TPSA) is 34.1 Å². The van der Waals surface area contributed by atoms with Gasteiger partial charge in [0.15, 0.2) is 11.6 Å². The molecule has 0 aromatic carbocycles. The third kappa shape index (κ3) is 2.61. The van der Waals surface area contributed by atoms with Gasteiger partial charge in [0.05, 0.1) is 0 Å². The highest BCUT2D eigenvalue weighted by atomic mass is 16.1. The molecule has 0 unspecified atom stereocenters. The summed E-state index contributed by atoms with van der Waals surface area (Å²) >= 11 is 0. The molecule has 0 fully saturated rings. The van der Waals surface area contributed by atoms with Crippen molar-refractivity contribution in [2.75, 3.05) is 0 Å². The van der Waals surface area contributed by atoms with Gasteiger partial charge in [-0.25, -0.2) is 0 Å². The summed E-state index contributed by atoms with van der Waals surface area (Å²) in [6.07, 6.45) is 5.58. The predicted molar refractivity (Wildman–Crippen MR) is 70.9 cm³/mol. The zero-order valence-corrected chi connectivity index (χ0v) is 11.1. The van der Waals surface area contributed by atoms with Gasteiger partial charge in [0.1, 0.15) is 0 Å². The Morgan fingerprint density at radius 2 is 1.17 bits per heavy atom. The molecule has 0 saturated heterocycles. The Morgan fingerprint density at radius 1 is 0.778 bits per heavy atom. The lowest BCUT2D eigenvalue weighted by molar-refractivity contribution is -0.114. The summed E-state index contributed by atoms with van der Waals surface area (Å²) in [7, 11) is 0. The zero-order valence-electron chi connectivity index (χ0n) is 11.1. The first-order chi connectivity index (χ1) is 8.59. The number of hydrogen-bond acceptors (Lipinski definition) is 2. The summed E-state index contributed by atoms with van der Waals surface area (Å²) in [5.74, 6) is 6.56. The minimum Gasteiger partial charge on any atom is -0.295 e. The Kier molecular flexibility index (Phi) is 3.81. The lowest BCUT2D eigenvalue weighted by Gasteiger charge is -1.97. The standard InChI is InChI=1S/C16H18O2/c1-11(17)15-7-3-5-13(15)9-10-14-6-4-8-16(14)12(2)18/h3-8H2,1-2H3. The van der Waals surface area contributed by atoms with E-state index in [1.54, 1.807) is 13.8 Å². The molecular formula is C16H18O2. The van der Waals surface area contributed by atoms with E-state index in [0.717, 1.165) is 60.8 Å². The van der Waals surface area contributed by atoms with Crippen LogP contribution in [0.25, 0.3) is 0 Å². The maximum Gasteiger partial charge on any atom is 0.156 e. The van der Waals surface area contributed by atoms with Crippen molar-refractivity contribution >= 4 is 11.6 Å². The fourth-order valence-electron chi connectivity index (χ4n) is 2.69. The maximum absolute atomic E-state index is 11.4. The van der Waals surface area contributed by atoms with Crippen LogP contribution in [-0.2, 0) is 9.59 Å². The smallest absolute Gasteiger partial charge is 0.156 e. The van der Waals surface area contributed by atoms with Gasteiger partial charge in [-0.2, -0.15) is 0 Å². The first-order valence-corrected chi connectivity index (χ1v) is 6.57. The Hall–Kier alpha value is -1.62. The van der Waals surface area contributed by atoms with Gasteiger partial charge in [0.25, 0.3) is 0 Å². The van der Waals surface area contributed by atoms with Crippen LogP contribution in [0.2, 0.25) is 0 Å². The summed E-state index contributed by atoms with van der Waals surface area (Å²) < 4.78 is 0. The van der Waals surface area contributed by atoms with Gasteiger partial charge in [0, 0.05) is 22.3 Å². The van der Waals surface area contributed by atoms with Crippen molar-refractivity contribution in [1.29, 1.82) is 0 Å². The number of carbonyl (C=O) groups excluding carboxylic acids is 2. The monoisotopic (exact) mass is 242 g/mol. The first kappa shape index (κ1) is 12.8. The van der Waals surface area contributed by atoms with E-state index in [9.17, 15) is 9.59 Å². The lowest BCUT2D eigenvalue weighted by atomic mass is 10.1. The number of rotatable bonds is 2. The molecule has 0 amide bonds. The highest BCUT2D eigenvalue weighted by Crippen LogP contribution is 2.28. The van der Waals surface area contributed by atoms with Crippen molar-refractivity contribution < 1.29 is 9.59 Å². The summed E-state index contributed by atoms with van der Waals surface area (Å²) in [5.41, 5.74) is 3.77. The first-order valence-electron chi connectivity index (χ1n) is 6.57. The quantitative estimate of drug-likeness (QED) is 0.697. The Bertz CT molecular complexity index is 475. The van der Waals surface area contributed by atoms with Crippen LogP contribution in [0.1, 0.15) is 52.4 Å². The second-order valence-electron chi connectivity index (χ2n) is 4.98. The molecule has 0 N–H and O–H groups in total. The molecule has 2 aliphatic carbocycles. The third-order valence-corrected chi connectivity index (χ3v) is 3.65. The van der Waals surface area contributed by atoms with E-state index >= 15 is 0 Å². The molecule has 2 aliphatic rings. The highest BCUT2D eigenvalue weighted by Gasteiger charge is 2.18. The molecule has 0 atom stereocenters. The van der Waals surface area contributed by atoms with E-state index in [1.807, 2.05) is 0 Å². The van der Waals surface area contributed by atoms with Crippen LogP contribution in [0.3, 0.4) is 0 Å². The molecule has 0 spiro atoms. The molecule has 0 aliphatic heterocycles. The number of hydrogen-bond donors (Lipinski definition) is 0. The van der Waals surface area contributed by atoms with Gasteiger partial charge in [0.2, 0.25) is 0 Å². The van der Waals surface area contributed by atoms with E-state index in [-0.39, 0.29) is 11.6 Å². The molecule has 18 heavy (non-hydrogen) atoms. The molecule has 2 rings (SSSR count). The molecule has 94 valence electrons. The van der Waals surface area contributed by atoms with Crippen molar-refractivity contribution in [2.24, 2.45) is 0 Å². The Balaban J connectivity index is 2.28. The number of allylic oxidation sites excluding steroid dienone is 4. The Morgan fingerprint density at radius 3 is 1.50 bits per heavy atom. The molecule has 2 heteroatoms. The van der Waals surface area contributed by atoms with E-state index in [0.29, 0.717) is 0 Å². The lowest BCUT2D eigenvalue weighted by Crippen LogP contribution is -1.96. The fourth-order valence-corrected chi connectivity index (χ4v) is 2.69. The Labute approximate surface area is 108 Å². The van der Waals surface area contributed by atoms with E-state index in [2.05, 4.69) is 11.8 Å². The number of carbonyl (C=O) groups is 2. The molecule has 0 saturated carbocycles. The van der Waals surface area contributed by atoms with Crippen LogP contribution in [0, 0.1) is 11.8 Å². The molecule has 0 aromatic heterocycles. The molecule has 0 bridgehead atoms. The minimum absolute atomic E-state index is 0.143. The van der Waals surface area contributed by atoms with Crippen LogP contribution < -0.4 is 0 Å².